The van der Waals surface area contributed by atoms with Gasteiger partial charge in [0, 0.05) is 34.7 Å². The Hall–Kier alpha value is -1.17. The molecular weight excluding hydrogens is 334 g/mol. The Bertz CT molecular complexity index is 703. The van der Waals surface area contributed by atoms with Gasteiger partial charge in [0.15, 0.2) is 4.96 Å². The van der Waals surface area contributed by atoms with Crippen molar-refractivity contribution in [1.82, 2.24) is 14.7 Å². The highest BCUT2D eigenvalue weighted by atomic mass is 79.9. The summed E-state index contributed by atoms with van der Waals surface area (Å²) in [6, 6.07) is 6.69. The molecule has 0 aliphatic carbocycles. The number of aryl methyl sites for hydroxylation is 1. The maximum absolute atomic E-state index is 4.67. The molecular formula is C15H16BrN3S. The molecule has 1 atom stereocenters. The van der Waals surface area contributed by atoms with Crippen molar-refractivity contribution in [3.05, 3.63) is 57.3 Å². The molecule has 0 saturated carbocycles. The van der Waals surface area contributed by atoms with Crippen molar-refractivity contribution in [2.75, 3.05) is 7.05 Å². The van der Waals surface area contributed by atoms with Crippen LogP contribution < -0.4 is 5.32 Å². The Balaban J connectivity index is 1.89. The molecule has 3 aromatic rings. The van der Waals surface area contributed by atoms with Crippen molar-refractivity contribution < 1.29 is 0 Å². The number of hydrogen-bond donors (Lipinski definition) is 1. The smallest absolute Gasteiger partial charge is 0.193 e. The van der Waals surface area contributed by atoms with Crippen LogP contribution in [0.2, 0.25) is 0 Å². The van der Waals surface area contributed by atoms with E-state index < -0.39 is 0 Å². The van der Waals surface area contributed by atoms with E-state index in [9.17, 15) is 0 Å². The fourth-order valence-corrected chi connectivity index (χ4v) is 3.54. The van der Waals surface area contributed by atoms with E-state index in [-0.39, 0.29) is 6.04 Å². The molecule has 1 unspecified atom stereocenters. The lowest BCUT2D eigenvalue weighted by Gasteiger charge is -2.18. The SMILES string of the molecule is CNC(Cc1cn2ccsc2n1)c1cc(Br)ccc1C. The van der Waals surface area contributed by atoms with Crippen LogP contribution in [0, 0.1) is 6.92 Å². The van der Waals surface area contributed by atoms with Gasteiger partial charge in [-0.05, 0) is 37.2 Å². The van der Waals surface area contributed by atoms with Crippen LogP contribution >= 0.6 is 27.3 Å². The lowest BCUT2D eigenvalue weighted by molar-refractivity contribution is 0.583. The Morgan fingerprint density at radius 1 is 1.45 bits per heavy atom. The summed E-state index contributed by atoms with van der Waals surface area (Å²) in [7, 11) is 2.00. The van der Waals surface area contributed by atoms with Gasteiger partial charge in [-0.15, -0.1) is 11.3 Å². The monoisotopic (exact) mass is 349 g/mol. The highest BCUT2D eigenvalue weighted by molar-refractivity contribution is 9.10. The Kier molecular flexibility index (Phi) is 3.92. The quantitative estimate of drug-likeness (QED) is 0.772. The van der Waals surface area contributed by atoms with Gasteiger partial charge in [-0.2, -0.15) is 0 Å². The molecule has 0 fully saturated rings. The second-order valence-corrected chi connectivity index (χ2v) is 6.66. The number of fused-ring (bicyclic) bond motifs is 1. The summed E-state index contributed by atoms with van der Waals surface area (Å²) in [5.41, 5.74) is 3.74. The first kappa shape index (κ1) is 13.8. The van der Waals surface area contributed by atoms with Crippen molar-refractivity contribution in [1.29, 1.82) is 0 Å². The number of nitrogens with zero attached hydrogens (tertiary/aromatic N) is 2. The molecule has 3 rings (SSSR count). The molecule has 20 heavy (non-hydrogen) atoms. The van der Waals surface area contributed by atoms with E-state index in [2.05, 4.69) is 73.5 Å². The molecule has 104 valence electrons. The summed E-state index contributed by atoms with van der Waals surface area (Å²) in [6.45, 7) is 2.15. The Labute approximate surface area is 130 Å². The fourth-order valence-electron chi connectivity index (χ4n) is 2.44. The third-order valence-corrected chi connectivity index (χ3v) is 4.79. The molecule has 0 saturated heterocycles. The number of imidazole rings is 1. The van der Waals surface area contributed by atoms with Crippen molar-refractivity contribution in [3.8, 4) is 0 Å². The van der Waals surface area contributed by atoms with Gasteiger partial charge in [-0.1, -0.05) is 22.0 Å². The molecule has 0 aliphatic heterocycles. The summed E-state index contributed by atoms with van der Waals surface area (Å²) >= 11 is 5.22. The molecule has 1 N–H and O–H groups in total. The van der Waals surface area contributed by atoms with Crippen molar-refractivity contribution in [2.24, 2.45) is 0 Å². The summed E-state index contributed by atoms with van der Waals surface area (Å²) in [5, 5.41) is 5.46. The normalized spacial score (nSPS) is 12.9. The number of aromatic nitrogens is 2. The minimum Gasteiger partial charge on any atom is -0.313 e. The van der Waals surface area contributed by atoms with Crippen LogP contribution in [0.15, 0.2) is 40.4 Å². The zero-order valence-corrected chi connectivity index (χ0v) is 13.8. The van der Waals surface area contributed by atoms with Crippen LogP contribution in [0.4, 0.5) is 0 Å². The minimum atomic E-state index is 0.275. The number of hydrogen-bond acceptors (Lipinski definition) is 3. The number of halogens is 1. The predicted molar refractivity (Wildman–Crippen MR) is 87.5 cm³/mol. The number of rotatable bonds is 4. The van der Waals surface area contributed by atoms with Crippen LogP contribution in [-0.2, 0) is 6.42 Å². The molecule has 1 aromatic carbocycles. The molecule has 3 nitrogen and oxygen atoms in total. The van der Waals surface area contributed by atoms with E-state index in [1.54, 1.807) is 11.3 Å². The van der Waals surface area contributed by atoms with Gasteiger partial charge in [0.05, 0.1) is 5.69 Å². The van der Waals surface area contributed by atoms with E-state index in [1.165, 1.54) is 11.1 Å². The molecule has 0 amide bonds. The first-order chi connectivity index (χ1) is 9.67. The Morgan fingerprint density at radius 2 is 2.30 bits per heavy atom. The van der Waals surface area contributed by atoms with Crippen molar-refractivity contribution in [2.45, 2.75) is 19.4 Å². The topological polar surface area (TPSA) is 29.3 Å². The minimum absolute atomic E-state index is 0.275. The van der Waals surface area contributed by atoms with Gasteiger partial charge in [0.2, 0.25) is 0 Å². The molecule has 5 heteroatoms. The van der Waals surface area contributed by atoms with Gasteiger partial charge >= 0.3 is 0 Å². The number of benzene rings is 1. The van der Waals surface area contributed by atoms with Crippen LogP contribution in [0.3, 0.4) is 0 Å². The number of nitrogens with one attached hydrogen (secondary N) is 1. The standard InChI is InChI=1S/C15H16BrN3S/c1-10-3-4-11(16)7-13(10)14(17-2)8-12-9-19-5-6-20-15(19)18-12/h3-7,9,14,17H,8H2,1-2H3. The maximum atomic E-state index is 4.67. The van der Waals surface area contributed by atoms with E-state index in [1.807, 2.05) is 7.05 Å². The van der Waals surface area contributed by atoms with E-state index >= 15 is 0 Å². The van der Waals surface area contributed by atoms with Gasteiger partial charge in [0.25, 0.3) is 0 Å². The van der Waals surface area contributed by atoms with Crippen LogP contribution in [0.5, 0.6) is 0 Å². The maximum Gasteiger partial charge on any atom is 0.193 e. The predicted octanol–water partition coefficient (Wildman–Crippen LogP) is 3.97. The second-order valence-electron chi connectivity index (χ2n) is 4.87. The zero-order chi connectivity index (χ0) is 14.1. The zero-order valence-electron chi connectivity index (χ0n) is 11.4. The largest absolute Gasteiger partial charge is 0.313 e. The number of likely N-dealkylation sites (N-methyl/N-ethyl adjacent to an activating group) is 1. The summed E-state index contributed by atoms with van der Waals surface area (Å²) in [6.07, 6.45) is 5.06. The Morgan fingerprint density at radius 3 is 3.05 bits per heavy atom. The fraction of sp³-hybridized carbons (Fsp3) is 0.267. The first-order valence-corrected chi connectivity index (χ1v) is 8.19. The third-order valence-electron chi connectivity index (χ3n) is 3.52. The summed E-state index contributed by atoms with van der Waals surface area (Å²) in [4.78, 5) is 5.72. The van der Waals surface area contributed by atoms with Crippen LogP contribution in [-0.4, -0.2) is 16.4 Å². The van der Waals surface area contributed by atoms with Crippen molar-refractivity contribution in [3.63, 3.8) is 0 Å². The molecule has 0 bridgehead atoms. The molecule has 0 radical (unpaired) electrons. The third kappa shape index (κ3) is 2.66. The molecule has 0 aliphatic rings. The molecule has 0 spiro atoms. The van der Waals surface area contributed by atoms with Gasteiger partial charge in [-0.3, -0.25) is 4.40 Å². The van der Waals surface area contributed by atoms with Crippen LogP contribution in [0.1, 0.15) is 22.9 Å². The average molecular weight is 350 g/mol. The van der Waals surface area contributed by atoms with Crippen molar-refractivity contribution >= 4 is 32.2 Å². The summed E-state index contributed by atoms with van der Waals surface area (Å²) < 4.78 is 3.20. The first-order valence-electron chi connectivity index (χ1n) is 6.52. The highest BCUT2D eigenvalue weighted by Crippen LogP contribution is 2.25. The van der Waals surface area contributed by atoms with E-state index in [0.29, 0.717) is 0 Å². The lowest BCUT2D eigenvalue weighted by atomic mass is 9.98. The average Bonchev–Trinajstić information content (AvgIpc) is 3.00. The highest BCUT2D eigenvalue weighted by Gasteiger charge is 2.15. The molecule has 2 aromatic heterocycles. The molecule has 2 heterocycles. The summed E-state index contributed by atoms with van der Waals surface area (Å²) in [5.74, 6) is 0. The lowest BCUT2D eigenvalue weighted by Crippen LogP contribution is -2.20. The van der Waals surface area contributed by atoms with E-state index in [4.69, 9.17) is 0 Å². The van der Waals surface area contributed by atoms with Gasteiger partial charge in [-0.25, -0.2) is 4.98 Å². The van der Waals surface area contributed by atoms with E-state index in [0.717, 1.165) is 21.5 Å². The second kappa shape index (κ2) is 5.68. The van der Waals surface area contributed by atoms with Gasteiger partial charge in [0.1, 0.15) is 0 Å². The van der Waals surface area contributed by atoms with Crippen LogP contribution in [0.25, 0.3) is 4.96 Å². The van der Waals surface area contributed by atoms with Gasteiger partial charge < -0.3 is 5.32 Å². The number of thiazole rings is 1.